The van der Waals surface area contributed by atoms with Crippen molar-refractivity contribution in [3.05, 3.63) is 35.6 Å². The lowest BCUT2D eigenvalue weighted by molar-refractivity contribution is -0.126. The van der Waals surface area contributed by atoms with Crippen LogP contribution in [0.15, 0.2) is 24.3 Å². The summed E-state index contributed by atoms with van der Waals surface area (Å²) in [6.07, 6.45) is 5.40. The lowest BCUT2D eigenvalue weighted by Crippen LogP contribution is -2.39. The van der Waals surface area contributed by atoms with Crippen LogP contribution in [-0.2, 0) is 9.59 Å². The van der Waals surface area contributed by atoms with Crippen molar-refractivity contribution < 1.29 is 14.0 Å². The molecule has 1 aliphatic rings. The van der Waals surface area contributed by atoms with Crippen molar-refractivity contribution in [1.29, 1.82) is 0 Å². The van der Waals surface area contributed by atoms with Crippen LogP contribution < -0.4 is 10.6 Å². The maximum atomic E-state index is 13.2. The molecule has 0 radical (unpaired) electrons. The molecule has 2 rings (SSSR count). The summed E-state index contributed by atoms with van der Waals surface area (Å²) in [7, 11) is 0. The van der Waals surface area contributed by atoms with Crippen molar-refractivity contribution >= 4 is 11.8 Å². The zero-order chi connectivity index (χ0) is 16.7. The normalized spacial score (nSPS) is 16.6. The molecule has 5 heteroatoms. The molecule has 1 fully saturated rings. The van der Waals surface area contributed by atoms with Gasteiger partial charge in [0.2, 0.25) is 11.8 Å². The predicted molar refractivity (Wildman–Crippen MR) is 87.4 cm³/mol. The third kappa shape index (κ3) is 5.34. The van der Waals surface area contributed by atoms with E-state index in [-0.39, 0.29) is 23.5 Å². The van der Waals surface area contributed by atoms with Gasteiger partial charge in [-0.1, -0.05) is 31.4 Å². The molecule has 2 amide bonds. The topological polar surface area (TPSA) is 58.2 Å². The zero-order valence-corrected chi connectivity index (χ0v) is 13.6. The van der Waals surface area contributed by atoms with E-state index in [2.05, 4.69) is 10.6 Å². The first-order valence-corrected chi connectivity index (χ1v) is 8.39. The van der Waals surface area contributed by atoms with E-state index in [4.69, 9.17) is 0 Å². The molecule has 0 heterocycles. The third-order valence-corrected chi connectivity index (χ3v) is 4.44. The van der Waals surface area contributed by atoms with Gasteiger partial charge in [0.25, 0.3) is 0 Å². The molecule has 0 bridgehead atoms. The van der Waals surface area contributed by atoms with E-state index in [0.29, 0.717) is 18.7 Å². The van der Waals surface area contributed by atoms with Crippen LogP contribution in [-0.4, -0.2) is 24.9 Å². The molecular weight excluding hydrogens is 295 g/mol. The van der Waals surface area contributed by atoms with Crippen LogP contribution in [0.25, 0.3) is 0 Å². The third-order valence-electron chi connectivity index (χ3n) is 4.44. The Morgan fingerprint density at radius 3 is 2.57 bits per heavy atom. The summed E-state index contributed by atoms with van der Waals surface area (Å²) in [5.41, 5.74) is 0.647. The van der Waals surface area contributed by atoms with Crippen LogP contribution >= 0.6 is 0 Å². The lowest BCUT2D eigenvalue weighted by atomic mass is 9.89. The van der Waals surface area contributed by atoms with Gasteiger partial charge in [-0.2, -0.15) is 0 Å². The number of halogens is 1. The summed E-state index contributed by atoms with van der Waals surface area (Å²) in [5, 5.41) is 5.66. The standard InChI is InChI=1S/C18H25FN2O2/c1-13(15-8-5-9-16(19)12-15)17(22)20-10-11-21-18(23)14-6-3-2-4-7-14/h5,8-9,12-14H,2-4,6-7,10-11H2,1H3,(H,20,22)(H,21,23)/t13-/m0/s1. The molecule has 1 aromatic rings. The Hall–Kier alpha value is -1.91. The molecule has 0 spiro atoms. The second kappa shape index (κ2) is 8.65. The van der Waals surface area contributed by atoms with E-state index in [0.717, 1.165) is 25.7 Å². The van der Waals surface area contributed by atoms with Gasteiger partial charge in [-0.25, -0.2) is 4.39 Å². The van der Waals surface area contributed by atoms with Gasteiger partial charge in [0.1, 0.15) is 5.82 Å². The quantitative estimate of drug-likeness (QED) is 0.792. The Morgan fingerprint density at radius 2 is 1.87 bits per heavy atom. The molecule has 1 saturated carbocycles. The van der Waals surface area contributed by atoms with Crippen molar-refractivity contribution in [3.63, 3.8) is 0 Å². The van der Waals surface area contributed by atoms with Crippen molar-refractivity contribution in [2.45, 2.75) is 44.9 Å². The molecular formula is C18H25FN2O2. The summed E-state index contributed by atoms with van der Waals surface area (Å²) in [6.45, 7) is 2.55. The van der Waals surface area contributed by atoms with Gasteiger partial charge in [-0.15, -0.1) is 0 Å². The van der Waals surface area contributed by atoms with Crippen LogP contribution in [0.3, 0.4) is 0 Å². The van der Waals surface area contributed by atoms with E-state index in [1.807, 2.05) is 0 Å². The minimum absolute atomic E-state index is 0.0946. The number of rotatable bonds is 6. The monoisotopic (exact) mass is 320 g/mol. The Labute approximate surface area is 136 Å². The highest BCUT2D eigenvalue weighted by molar-refractivity contribution is 5.83. The van der Waals surface area contributed by atoms with E-state index in [9.17, 15) is 14.0 Å². The number of benzene rings is 1. The molecule has 1 aliphatic carbocycles. The van der Waals surface area contributed by atoms with E-state index in [1.54, 1.807) is 19.1 Å². The summed E-state index contributed by atoms with van der Waals surface area (Å²) in [4.78, 5) is 24.0. The number of hydrogen-bond acceptors (Lipinski definition) is 2. The molecule has 0 aliphatic heterocycles. The highest BCUT2D eigenvalue weighted by Gasteiger charge is 2.20. The second-order valence-electron chi connectivity index (χ2n) is 6.19. The summed E-state index contributed by atoms with van der Waals surface area (Å²) < 4.78 is 13.2. The van der Waals surface area contributed by atoms with Gasteiger partial charge in [0, 0.05) is 19.0 Å². The molecule has 4 nitrogen and oxygen atoms in total. The first-order valence-electron chi connectivity index (χ1n) is 8.39. The van der Waals surface area contributed by atoms with E-state index in [1.165, 1.54) is 18.6 Å². The Morgan fingerprint density at radius 1 is 1.17 bits per heavy atom. The number of carbonyl (C=O) groups excluding carboxylic acids is 2. The molecule has 0 saturated heterocycles. The van der Waals surface area contributed by atoms with Crippen LogP contribution in [0.1, 0.15) is 50.5 Å². The van der Waals surface area contributed by atoms with Gasteiger partial charge in [-0.05, 0) is 37.5 Å². The largest absolute Gasteiger partial charge is 0.354 e. The van der Waals surface area contributed by atoms with Crippen molar-refractivity contribution in [1.82, 2.24) is 10.6 Å². The highest BCUT2D eigenvalue weighted by atomic mass is 19.1. The molecule has 23 heavy (non-hydrogen) atoms. The zero-order valence-electron chi connectivity index (χ0n) is 13.6. The predicted octanol–water partition coefficient (Wildman–Crippen LogP) is 2.74. The number of amides is 2. The second-order valence-corrected chi connectivity index (χ2v) is 6.19. The van der Waals surface area contributed by atoms with Gasteiger partial charge in [0.05, 0.1) is 5.92 Å². The fourth-order valence-electron chi connectivity index (χ4n) is 2.96. The molecule has 126 valence electrons. The maximum absolute atomic E-state index is 13.2. The van der Waals surface area contributed by atoms with Crippen LogP contribution in [0, 0.1) is 11.7 Å². The average molecular weight is 320 g/mol. The van der Waals surface area contributed by atoms with Crippen molar-refractivity contribution in [2.24, 2.45) is 5.92 Å². The molecule has 2 N–H and O–H groups in total. The number of nitrogens with one attached hydrogen (secondary N) is 2. The minimum atomic E-state index is -0.417. The van der Waals surface area contributed by atoms with E-state index < -0.39 is 5.92 Å². The highest BCUT2D eigenvalue weighted by Crippen LogP contribution is 2.23. The number of hydrogen-bond donors (Lipinski definition) is 2. The molecule has 0 aromatic heterocycles. The van der Waals surface area contributed by atoms with Gasteiger partial charge >= 0.3 is 0 Å². The van der Waals surface area contributed by atoms with Crippen LogP contribution in [0.4, 0.5) is 4.39 Å². The molecule has 0 unspecified atom stereocenters. The summed E-state index contributed by atoms with van der Waals surface area (Å²) in [6, 6.07) is 6.06. The van der Waals surface area contributed by atoms with Gasteiger partial charge in [-0.3, -0.25) is 9.59 Å². The van der Waals surface area contributed by atoms with Crippen molar-refractivity contribution in [2.75, 3.05) is 13.1 Å². The summed E-state index contributed by atoms with van der Waals surface area (Å²) in [5.74, 6) is -0.702. The first-order chi connectivity index (χ1) is 11.1. The average Bonchev–Trinajstić information content (AvgIpc) is 2.58. The van der Waals surface area contributed by atoms with Gasteiger partial charge in [0.15, 0.2) is 0 Å². The van der Waals surface area contributed by atoms with Crippen LogP contribution in [0.5, 0.6) is 0 Å². The van der Waals surface area contributed by atoms with Gasteiger partial charge < -0.3 is 10.6 Å². The molecule has 1 aromatic carbocycles. The Kier molecular flexibility index (Phi) is 6.56. The molecule has 1 atom stereocenters. The summed E-state index contributed by atoms with van der Waals surface area (Å²) >= 11 is 0. The fraction of sp³-hybridized carbons (Fsp3) is 0.556. The lowest BCUT2D eigenvalue weighted by Gasteiger charge is -2.20. The van der Waals surface area contributed by atoms with Crippen molar-refractivity contribution in [3.8, 4) is 0 Å². The SMILES string of the molecule is C[C@H](C(=O)NCCNC(=O)C1CCCCC1)c1cccc(F)c1. The first kappa shape index (κ1) is 17.4. The number of carbonyl (C=O) groups is 2. The maximum Gasteiger partial charge on any atom is 0.227 e. The Balaban J connectivity index is 1.69. The van der Waals surface area contributed by atoms with E-state index >= 15 is 0 Å². The fourth-order valence-corrected chi connectivity index (χ4v) is 2.96. The smallest absolute Gasteiger partial charge is 0.227 e. The van der Waals surface area contributed by atoms with Crippen LogP contribution in [0.2, 0.25) is 0 Å². The minimum Gasteiger partial charge on any atom is -0.354 e. The Bertz CT molecular complexity index is 542.